The van der Waals surface area contributed by atoms with Crippen molar-refractivity contribution in [1.29, 1.82) is 0 Å². The predicted molar refractivity (Wildman–Crippen MR) is 129 cm³/mol. The SMILES string of the molecule is O=C(c1cc(Cl)c[nH]c1=O)N1CCC(c2nccn2Cc2nccn2Cc2ccccc2)CC1. The smallest absolute Gasteiger partial charge is 0.260 e. The van der Waals surface area contributed by atoms with Crippen molar-refractivity contribution in [2.45, 2.75) is 31.8 Å². The van der Waals surface area contributed by atoms with E-state index < -0.39 is 5.56 Å². The summed E-state index contributed by atoms with van der Waals surface area (Å²) in [6.45, 7) is 2.52. The minimum atomic E-state index is -0.418. The lowest BCUT2D eigenvalue weighted by molar-refractivity contribution is 0.0708. The average molecular weight is 477 g/mol. The highest BCUT2D eigenvalue weighted by Gasteiger charge is 2.28. The van der Waals surface area contributed by atoms with Crippen molar-refractivity contribution >= 4 is 17.5 Å². The van der Waals surface area contributed by atoms with Crippen LogP contribution >= 0.6 is 11.6 Å². The molecule has 0 spiro atoms. The van der Waals surface area contributed by atoms with Gasteiger partial charge in [-0.25, -0.2) is 9.97 Å². The summed E-state index contributed by atoms with van der Waals surface area (Å²) in [6, 6.07) is 11.7. The van der Waals surface area contributed by atoms with Gasteiger partial charge in [0.2, 0.25) is 0 Å². The highest BCUT2D eigenvalue weighted by atomic mass is 35.5. The summed E-state index contributed by atoms with van der Waals surface area (Å²) in [7, 11) is 0. The van der Waals surface area contributed by atoms with Gasteiger partial charge in [-0.15, -0.1) is 0 Å². The van der Waals surface area contributed by atoms with Crippen molar-refractivity contribution in [3.63, 3.8) is 0 Å². The van der Waals surface area contributed by atoms with Gasteiger partial charge in [-0.1, -0.05) is 41.9 Å². The number of imidazole rings is 2. The van der Waals surface area contributed by atoms with E-state index >= 15 is 0 Å². The van der Waals surface area contributed by atoms with Gasteiger partial charge >= 0.3 is 0 Å². The molecule has 1 aromatic carbocycles. The third kappa shape index (κ3) is 4.68. The van der Waals surface area contributed by atoms with Crippen molar-refractivity contribution in [3.05, 3.63) is 106 Å². The molecule has 0 bridgehead atoms. The van der Waals surface area contributed by atoms with Gasteiger partial charge in [-0.3, -0.25) is 9.59 Å². The fraction of sp³-hybridized carbons (Fsp3) is 0.280. The number of piperidine rings is 1. The summed E-state index contributed by atoms with van der Waals surface area (Å²) >= 11 is 5.96. The Morgan fingerprint density at radius 1 is 1.03 bits per heavy atom. The van der Waals surface area contributed by atoms with E-state index in [0.29, 0.717) is 24.7 Å². The molecule has 34 heavy (non-hydrogen) atoms. The number of halogens is 1. The lowest BCUT2D eigenvalue weighted by Crippen LogP contribution is -2.40. The van der Waals surface area contributed by atoms with Gasteiger partial charge in [0.15, 0.2) is 0 Å². The highest BCUT2D eigenvalue weighted by molar-refractivity contribution is 6.30. The number of hydrogen-bond acceptors (Lipinski definition) is 4. The Bertz CT molecular complexity index is 1330. The Labute approximate surface area is 201 Å². The molecule has 174 valence electrons. The van der Waals surface area contributed by atoms with Gasteiger partial charge in [0.05, 0.1) is 11.6 Å². The summed E-state index contributed by atoms with van der Waals surface area (Å²) in [5.74, 6) is 1.92. The van der Waals surface area contributed by atoms with Gasteiger partial charge in [0.25, 0.3) is 11.5 Å². The molecule has 0 saturated carbocycles. The van der Waals surface area contributed by atoms with E-state index in [2.05, 4.69) is 36.2 Å². The second-order valence-electron chi connectivity index (χ2n) is 8.50. The molecule has 0 radical (unpaired) electrons. The average Bonchev–Trinajstić information content (AvgIpc) is 3.51. The first-order chi connectivity index (χ1) is 16.6. The predicted octanol–water partition coefficient (Wildman–Crippen LogP) is 3.54. The molecule has 5 rings (SSSR count). The number of H-pyrrole nitrogens is 1. The van der Waals surface area contributed by atoms with Crippen LogP contribution in [-0.2, 0) is 13.1 Å². The first kappa shape index (κ1) is 22.2. The Kier molecular flexibility index (Phi) is 6.31. The van der Waals surface area contributed by atoms with Crippen LogP contribution < -0.4 is 5.56 Å². The van der Waals surface area contributed by atoms with E-state index in [-0.39, 0.29) is 17.4 Å². The fourth-order valence-electron chi connectivity index (χ4n) is 4.51. The number of likely N-dealkylation sites (tertiary alicyclic amines) is 1. The number of nitrogens with one attached hydrogen (secondary N) is 1. The second kappa shape index (κ2) is 9.69. The molecule has 0 aliphatic carbocycles. The Morgan fingerprint density at radius 3 is 2.56 bits per heavy atom. The molecule has 0 unspecified atom stereocenters. The van der Waals surface area contributed by atoms with Gasteiger partial charge in [0.1, 0.15) is 17.2 Å². The molecule has 1 saturated heterocycles. The number of amides is 1. The van der Waals surface area contributed by atoms with Crippen LogP contribution in [0.4, 0.5) is 0 Å². The van der Waals surface area contributed by atoms with Crippen LogP contribution in [-0.4, -0.2) is 48.0 Å². The van der Waals surface area contributed by atoms with Crippen molar-refractivity contribution in [2.75, 3.05) is 13.1 Å². The Hall–Kier alpha value is -3.65. The number of rotatable bonds is 6. The monoisotopic (exact) mass is 476 g/mol. The van der Waals surface area contributed by atoms with E-state index in [1.54, 1.807) is 4.90 Å². The molecule has 1 aliphatic rings. The number of carbonyl (C=O) groups is 1. The number of benzene rings is 1. The molecule has 1 fully saturated rings. The van der Waals surface area contributed by atoms with Crippen LogP contribution in [0.1, 0.15) is 46.3 Å². The summed E-state index contributed by atoms with van der Waals surface area (Å²) in [6.07, 6.45) is 10.6. The summed E-state index contributed by atoms with van der Waals surface area (Å²) in [5, 5.41) is 0.338. The summed E-state index contributed by atoms with van der Waals surface area (Å²) < 4.78 is 4.30. The van der Waals surface area contributed by atoms with Crippen LogP contribution in [0.2, 0.25) is 5.02 Å². The molecular weight excluding hydrogens is 452 g/mol. The molecule has 4 aromatic rings. The first-order valence-corrected chi connectivity index (χ1v) is 11.7. The quantitative estimate of drug-likeness (QED) is 0.461. The Balaban J connectivity index is 1.26. The molecule has 1 aliphatic heterocycles. The van der Waals surface area contributed by atoms with Gasteiger partial charge in [0, 0.05) is 56.5 Å². The van der Waals surface area contributed by atoms with E-state index in [0.717, 1.165) is 31.0 Å². The molecule has 1 amide bonds. The number of carbonyl (C=O) groups excluding carboxylic acids is 1. The zero-order valence-corrected chi connectivity index (χ0v) is 19.4. The minimum Gasteiger partial charge on any atom is -0.338 e. The zero-order valence-electron chi connectivity index (χ0n) is 18.6. The zero-order chi connectivity index (χ0) is 23.5. The van der Waals surface area contributed by atoms with Crippen LogP contribution in [0, 0.1) is 0 Å². The summed E-state index contributed by atoms with van der Waals surface area (Å²) in [5.41, 5.74) is 0.888. The maximum atomic E-state index is 12.8. The van der Waals surface area contributed by atoms with Crippen LogP contribution in [0.25, 0.3) is 0 Å². The number of aromatic amines is 1. The second-order valence-corrected chi connectivity index (χ2v) is 8.93. The van der Waals surface area contributed by atoms with Crippen molar-refractivity contribution in [1.82, 2.24) is 29.0 Å². The number of hydrogen-bond donors (Lipinski definition) is 1. The van der Waals surface area contributed by atoms with E-state index in [4.69, 9.17) is 11.6 Å². The molecule has 8 nitrogen and oxygen atoms in total. The topological polar surface area (TPSA) is 88.8 Å². The van der Waals surface area contributed by atoms with Gasteiger partial charge < -0.3 is 19.0 Å². The highest BCUT2D eigenvalue weighted by Crippen LogP contribution is 2.28. The minimum absolute atomic E-state index is 0.0812. The van der Waals surface area contributed by atoms with E-state index in [1.165, 1.54) is 17.8 Å². The van der Waals surface area contributed by atoms with Crippen molar-refractivity contribution in [2.24, 2.45) is 0 Å². The molecular formula is C25H25ClN6O2. The van der Waals surface area contributed by atoms with E-state index in [9.17, 15) is 9.59 Å². The third-order valence-electron chi connectivity index (χ3n) is 6.30. The number of pyridine rings is 1. The van der Waals surface area contributed by atoms with Gasteiger partial charge in [-0.05, 0) is 24.5 Å². The number of nitrogens with zero attached hydrogens (tertiary/aromatic N) is 5. The summed E-state index contributed by atoms with van der Waals surface area (Å²) in [4.78, 5) is 38.4. The lowest BCUT2D eigenvalue weighted by atomic mass is 9.95. The lowest BCUT2D eigenvalue weighted by Gasteiger charge is -2.31. The maximum Gasteiger partial charge on any atom is 0.260 e. The maximum absolute atomic E-state index is 12.8. The van der Waals surface area contributed by atoms with Crippen LogP contribution in [0.15, 0.2) is 72.2 Å². The molecule has 4 heterocycles. The molecule has 3 aromatic heterocycles. The Morgan fingerprint density at radius 2 is 1.76 bits per heavy atom. The third-order valence-corrected chi connectivity index (χ3v) is 6.52. The van der Waals surface area contributed by atoms with Crippen molar-refractivity contribution in [3.8, 4) is 0 Å². The largest absolute Gasteiger partial charge is 0.338 e. The van der Waals surface area contributed by atoms with Crippen LogP contribution in [0.3, 0.4) is 0 Å². The number of aromatic nitrogens is 5. The normalized spacial score (nSPS) is 14.4. The standard InChI is InChI=1S/C25H25ClN6O2/c26-20-14-21(24(33)29-15-20)25(34)30-10-6-19(7-11-30)23-28-9-13-32(23)17-22-27-8-12-31(22)16-18-4-2-1-3-5-18/h1-5,8-9,12-15,19H,6-7,10-11,16-17H2,(H,29,33). The van der Waals surface area contributed by atoms with Crippen LogP contribution in [0.5, 0.6) is 0 Å². The first-order valence-electron chi connectivity index (χ1n) is 11.3. The molecule has 9 heteroatoms. The van der Waals surface area contributed by atoms with Crippen molar-refractivity contribution < 1.29 is 4.79 Å². The molecule has 0 atom stereocenters. The fourth-order valence-corrected chi connectivity index (χ4v) is 4.67. The molecule has 1 N–H and O–H groups in total. The van der Waals surface area contributed by atoms with E-state index in [1.807, 2.05) is 43.0 Å². The van der Waals surface area contributed by atoms with Gasteiger partial charge in [-0.2, -0.15) is 0 Å².